The number of benzene rings is 2. The van der Waals surface area contributed by atoms with Crippen LogP contribution < -0.4 is 11.2 Å². The fraction of sp³-hybridized carbons (Fsp3) is 0.0556. The van der Waals surface area contributed by atoms with Gasteiger partial charge in [0.2, 0.25) is 5.88 Å². The molecule has 0 aliphatic carbocycles. The number of aromatic hydroxyl groups is 1. The van der Waals surface area contributed by atoms with Crippen molar-refractivity contribution in [3.05, 3.63) is 83.9 Å². The number of nitrogens with one attached hydrogen (secondary N) is 1. The highest BCUT2D eigenvalue weighted by Gasteiger charge is 2.14. The average molecular weight is 435 g/mol. The van der Waals surface area contributed by atoms with Gasteiger partial charge in [-0.25, -0.2) is 9.36 Å². The lowest BCUT2D eigenvalue weighted by atomic mass is 10.2. The zero-order valence-electron chi connectivity index (χ0n) is 13.5. The number of hydrogen-bond acceptors (Lipinski definition) is 4. The van der Waals surface area contributed by atoms with Gasteiger partial charge in [0.25, 0.3) is 5.56 Å². The molecule has 26 heavy (non-hydrogen) atoms. The molecule has 0 atom stereocenters. The van der Waals surface area contributed by atoms with Crippen LogP contribution in [0.3, 0.4) is 0 Å². The summed E-state index contributed by atoms with van der Waals surface area (Å²) in [6.07, 6.45) is 1.20. The van der Waals surface area contributed by atoms with Crippen molar-refractivity contribution < 1.29 is 5.11 Å². The van der Waals surface area contributed by atoms with Crippen molar-refractivity contribution in [1.82, 2.24) is 9.55 Å². The smallest absolute Gasteiger partial charge is 0.335 e. The van der Waals surface area contributed by atoms with Crippen LogP contribution in [0.4, 0.5) is 5.69 Å². The molecule has 6 nitrogen and oxygen atoms in total. The maximum atomic E-state index is 12.2. The van der Waals surface area contributed by atoms with Crippen molar-refractivity contribution in [3.63, 3.8) is 0 Å². The van der Waals surface area contributed by atoms with Crippen LogP contribution in [-0.2, 0) is 0 Å². The van der Waals surface area contributed by atoms with Crippen molar-refractivity contribution in [2.24, 2.45) is 4.99 Å². The molecular formula is C18H13BrClN3O3. The topological polar surface area (TPSA) is 87.4 Å². The molecule has 1 heterocycles. The Morgan fingerprint density at radius 1 is 1.23 bits per heavy atom. The van der Waals surface area contributed by atoms with Crippen LogP contribution in [0.5, 0.6) is 5.88 Å². The maximum Gasteiger partial charge on any atom is 0.335 e. The number of H-pyrrole nitrogens is 1. The fourth-order valence-electron chi connectivity index (χ4n) is 2.36. The van der Waals surface area contributed by atoms with Crippen LogP contribution in [-0.4, -0.2) is 20.9 Å². The molecule has 1 aromatic heterocycles. The summed E-state index contributed by atoms with van der Waals surface area (Å²) in [5.74, 6) is -0.494. The van der Waals surface area contributed by atoms with E-state index in [9.17, 15) is 14.7 Å². The highest BCUT2D eigenvalue weighted by atomic mass is 79.9. The summed E-state index contributed by atoms with van der Waals surface area (Å²) in [4.78, 5) is 30.6. The van der Waals surface area contributed by atoms with Crippen LogP contribution in [0.1, 0.15) is 11.1 Å². The molecule has 0 bridgehead atoms. The average Bonchev–Trinajstić information content (AvgIpc) is 2.57. The van der Waals surface area contributed by atoms with Gasteiger partial charge in [-0.05, 0) is 48.9 Å². The van der Waals surface area contributed by atoms with Crippen LogP contribution in [0, 0.1) is 6.92 Å². The Morgan fingerprint density at radius 3 is 2.69 bits per heavy atom. The summed E-state index contributed by atoms with van der Waals surface area (Å²) in [5, 5.41) is 11.0. The molecule has 2 aromatic carbocycles. The molecule has 0 fully saturated rings. The van der Waals surface area contributed by atoms with E-state index in [0.717, 1.165) is 14.6 Å². The van der Waals surface area contributed by atoms with Crippen LogP contribution in [0.25, 0.3) is 5.69 Å². The Labute approximate surface area is 161 Å². The number of aromatic nitrogens is 2. The Hall–Kier alpha value is -2.64. The van der Waals surface area contributed by atoms with Gasteiger partial charge >= 0.3 is 5.69 Å². The largest absolute Gasteiger partial charge is 0.493 e. The van der Waals surface area contributed by atoms with E-state index in [-0.39, 0.29) is 5.56 Å². The maximum absolute atomic E-state index is 12.2. The van der Waals surface area contributed by atoms with Crippen LogP contribution in [0.15, 0.2) is 61.5 Å². The predicted octanol–water partition coefficient (Wildman–Crippen LogP) is 3.71. The lowest BCUT2D eigenvalue weighted by Crippen LogP contribution is -2.31. The van der Waals surface area contributed by atoms with Gasteiger partial charge in [-0.2, -0.15) is 0 Å². The number of nitrogens with zero attached hydrogens (tertiary/aromatic N) is 2. The molecule has 8 heteroatoms. The first-order chi connectivity index (χ1) is 12.4. The number of aliphatic imine (C=N–C) groups is 1. The summed E-state index contributed by atoms with van der Waals surface area (Å²) in [7, 11) is 0. The van der Waals surface area contributed by atoms with E-state index in [2.05, 4.69) is 25.9 Å². The molecule has 0 spiro atoms. The second-order valence-electron chi connectivity index (χ2n) is 5.50. The van der Waals surface area contributed by atoms with Gasteiger partial charge in [0.15, 0.2) is 0 Å². The van der Waals surface area contributed by atoms with E-state index in [0.29, 0.717) is 16.4 Å². The zero-order chi connectivity index (χ0) is 18.8. The van der Waals surface area contributed by atoms with Gasteiger partial charge in [-0.1, -0.05) is 33.6 Å². The molecular weight excluding hydrogens is 422 g/mol. The minimum absolute atomic E-state index is 0.134. The quantitative estimate of drug-likeness (QED) is 0.616. The van der Waals surface area contributed by atoms with E-state index >= 15 is 0 Å². The molecule has 3 aromatic rings. The molecule has 0 radical (unpaired) electrons. The third-order valence-electron chi connectivity index (χ3n) is 3.67. The summed E-state index contributed by atoms with van der Waals surface area (Å²) in [5.41, 5.74) is 0.187. The van der Waals surface area contributed by atoms with E-state index < -0.39 is 17.1 Å². The van der Waals surface area contributed by atoms with Gasteiger partial charge in [-0.15, -0.1) is 0 Å². The van der Waals surface area contributed by atoms with Crippen LogP contribution in [0.2, 0.25) is 5.02 Å². The summed E-state index contributed by atoms with van der Waals surface area (Å²) in [6.45, 7) is 1.85. The van der Waals surface area contributed by atoms with Gasteiger partial charge < -0.3 is 5.11 Å². The molecule has 0 aliphatic rings. The van der Waals surface area contributed by atoms with Crippen LogP contribution >= 0.6 is 27.5 Å². The molecule has 0 saturated carbocycles. The van der Waals surface area contributed by atoms with Crippen molar-refractivity contribution in [3.8, 4) is 11.6 Å². The molecule has 0 aliphatic heterocycles. The first kappa shape index (κ1) is 18.2. The lowest BCUT2D eigenvalue weighted by Gasteiger charge is -2.11. The first-order valence-corrected chi connectivity index (χ1v) is 8.68. The molecule has 0 unspecified atom stereocenters. The highest BCUT2D eigenvalue weighted by molar-refractivity contribution is 9.10. The third kappa shape index (κ3) is 3.63. The summed E-state index contributed by atoms with van der Waals surface area (Å²) in [6, 6.07) is 11.8. The van der Waals surface area contributed by atoms with Crippen molar-refractivity contribution in [2.45, 2.75) is 6.92 Å². The van der Waals surface area contributed by atoms with Crippen molar-refractivity contribution in [1.29, 1.82) is 0 Å². The van der Waals surface area contributed by atoms with E-state index in [1.54, 1.807) is 42.5 Å². The number of halogens is 2. The number of hydrogen-bond donors (Lipinski definition) is 2. The SMILES string of the molecule is Cc1cc(-n2c(O)c(C=Nc3cccc(Cl)c3)c(=O)[nH]c2=O)ccc1Br. The van der Waals surface area contributed by atoms with Crippen molar-refractivity contribution >= 4 is 39.4 Å². The highest BCUT2D eigenvalue weighted by Crippen LogP contribution is 2.22. The van der Waals surface area contributed by atoms with Crippen molar-refractivity contribution in [2.75, 3.05) is 0 Å². The van der Waals surface area contributed by atoms with E-state index in [4.69, 9.17) is 11.6 Å². The van der Waals surface area contributed by atoms with Gasteiger partial charge in [0.05, 0.1) is 11.4 Å². The monoisotopic (exact) mass is 433 g/mol. The molecule has 2 N–H and O–H groups in total. The van der Waals surface area contributed by atoms with Gasteiger partial charge in [0, 0.05) is 15.7 Å². The van der Waals surface area contributed by atoms with E-state index in [1.165, 1.54) is 6.21 Å². The minimum atomic E-state index is -0.742. The molecule has 0 saturated heterocycles. The zero-order valence-corrected chi connectivity index (χ0v) is 15.9. The van der Waals surface area contributed by atoms with Gasteiger partial charge in [0.1, 0.15) is 5.56 Å². The first-order valence-electron chi connectivity index (χ1n) is 7.51. The number of rotatable bonds is 3. The standard InChI is InChI=1S/C18H13BrClN3O3/c1-10-7-13(5-6-15(10)19)23-17(25)14(16(24)22-18(23)26)9-21-12-4-2-3-11(20)8-12/h2-9,25H,1H3,(H,22,24,26). The Balaban J connectivity index is 2.14. The minimum Gasteiger partial charge on any atom is -0.493 e. The molecule has 3 rings (SSSR count). The predicted molar refractivity (Wildman–Crippen MR) is 105 cm³/mol. The Morgan fingerprint density at radius 2 is 2.00 bits per heavy atom. The summed E-state index contributed by atoms with van der Waals surface area (Å²) >= 11 is 9.28. The Bertz CT molecular complexity index is 1140. The normalized spacial score (nSPS) is 11.2. The number of aromatic amines is 1. The number of aryl methyl sites for hydroxylation is 1. The second-order valence-corrected chi connectivity index (χ2v) is 6.79. The Kier molecular flexibility index (Phi) is 5.11. The summed E-state index contributed by atoms with van der Waals surface area (Å²) < 4.78 is 1.88. The second kappa shape index (κ2) is 7.31. The molecule has 0 amide bonds. The molecule has 132 valence electrons. The lowest BCUT2D eigenvalue weighted by molar-refractivity contribution is 0.430. The van der Waals surface area contributed by atoms with Gasteiger partial charge in [-0.3, -0.25) is 14.8 Å². The third-order valence-corrected chi connectivity index (χ3v) is 4.80. The van der Waals surface area contributed by atoms with E-state index in [1.807, 2.05) is 6.92 Å². The fourth-order valence-corrected chi connectivity index (χ4v) is 2.79.